The van der Waals surface area contributed by atoms with Crippen LogP contribution in [0.2, 0.25) is 0 Å². The van der Waals surface area contributed by atoms with E-state index >= 15 is 0 Å². The number of benzene rings is 2. The minimum Gasteiger partial charge on any atom is -0.493 e. The van der Waals surface area contributed by atoms with Crippen molar-refractivity contribution in [3.8, 4) is 28.5 Å². The molecule has 3 aromatic rings. The molecule has 0 spiro atoms. The lowest BCUT2D eigenvalue weighted by Crippen LogP contribution is -2.28. The van der Waals surface area contributed by atoms with Crippen molar-refractivity contribution >= 4 is 5.91 Å². The van der Waals surface area contributed by atoms with Gasteiger partial charge in [-0.25, -0.2) is 9.37 Å². The number of ether oxygens (including phenoxy) is 3. The fraction of sp³-hybridized carbons (Fsp3) is 0.357. The summed E-state index contributed by atoms with van der Waals surface area (Å²) in [5, 5.41) is 2.82. The van der Waals surface area contributed by atoms with Crippen molar-refractivity contribution in [2.75, 3.05) is 20.3 Å². The lowest BCUT2D eigenvalue weighted by Gasteiger charge is -2.18. The molecule has 200 valence electrons. The molecule has 1 N–H and O–H groups in total. The average Bonchev–Trinajstić information content (AvgIpc) is 3.60. The molecular weight excluding hydrogens is 504 g/mol. The molecule has 0 unspecified atom stereocenters. The number of rotatable bonds is 8. The summed E-state index contributed by atoms with van der Waals surface area (Å²) in [6, 6.07) is 11.6. The topological polar surface area (TPSA) is 69.7 Å². The van der Waals surface area contributed by atoms with Gasteiger partial charge >= 0.3 is 6.18 Å². The number of aromatic nitrogens is 1. The van der Waals surface area contributed by atoms with Crippen molar-refractivity contribution in [1.82, 2.24) is 10.3 Å². The summed E-state index contributed by atoms with van der Waals surface area (Å²) in [6.45, 7) is 1.33. The first-order valence-electron chi connectivity index (χ1n) is 12.3. The number of carbonyl (C=O) groups is 1. The average molecular weight is 531 g/mol. The van der Waals surface area contributed by atoms with Crippen LogP contribution in [0.5, 0.6) is 17.2 Å². The van der Waals surface area contributed by atoms with Crippen molar-refractivity contribution in [2.24, 2.45) is 0 Å². The first-order valence-corrected chi connectivity index (χ1v) is 12.3. The quantitative estimate of drug-likeness (QED) is 0.362. The standard InChI is InChI=1S/C28H26F4N2O4/c1-15(13-33-27(35)17-5-10-23(24(11-17)36-2)38-19-8-9-19)22-12-20-21(28(30,31)32)14-37-26(20)25(34-22)16-3-6-18(29)7-4-16/h3-7,10-12,15,19,21H,8-9,13-14H2,1-2H3,(H,33,35)/t15-,21-/m1/s1. The summed E-state index contributed by atoms with van der Waals surface area (Å²) in [5.41, 5.74) is 1.34. The van der Waals surface area contributed by atoms with Crippen LogP contribution in [0.1, 0.15) is 53.2 Å². The molecule has 1 aliphatic heterocycles. The number of nitrogens with one attached hydrogen (secondary N) is 1. The Morgan fingerprint density at radius 3 is 2.53 bits per heavy atom. The van der Waals surface area contributed by atoms with Gasteiger partial charge in [-0.3, -0.25) is 4.79 Å². The van der Waals surface area contributed by atoms with E-state index < -0.39 is 30.4 Å². The lowest BCUT2D eigenvalue weighted by atomic mass is 9.95. The molecule has 2 aliphatic rings. The predicted molar refractivity (Wildman–Crippen MR) is 131 cm³/mol. The molecule has 5 rings (SSSR count). The maximum atomic E-state index is 13.7. The molecule has 6 nitrogen and oxygen atoms in total. The normalized spacial score (nSPS) is 17.4. The van der Waals surface area contributed by atoms with E-state index in [0.29, 0.717) is 28.3 Å². The Bertz CT molecular complexity index is 1340. The van der Waals surface area contributed by atoms with E-state index in [-0.39, 0.29) is 35.6 Å². The van der Waals surface area contributed by atoms with Crippen LogP contribution in [-0.2, 0) is 0 Å². The van der Waals surface area contributed by atoms with Gasteiger partial charge in [-0.05, 0) is 61.4 Å². The van der Waals surface area contributed by atoms with E-state index in [1.165, 1.54) is 37.4 Å². The highest BCUT2D eigenvalue weighted by Gasteiger charge is 2.47. The highest BCUT2D eigenvalue weighted by Crippen LogP contribution is 2.48. The number of halogens is 4. The minimum atomic E-state index is -4.50. The molecule has 2 aromatic carbocycles. The van der Waals surface area contributed by atoms with Crippen LogP contribution in [0.15, 0.2) is 48.5 Å². The van der Waals surface area contributed by atoms with Crippen LogP contribution in [0, 0.1) is 5.82 Å². The van der Waals surface area contributed by atoms with E-state index in [0.717, 1.165) is 12.8 Å². The van der Waals surface area contributed by atoms with Crippen molar-refractivity contribution in [3.05, 3.63) is 71.2 Å². The Morgan fingerprint density at radius 1 is 1.13 bits per heavy atom. The minimum absolute atomic E-state index is 0.0176. The summed E-state index contributed by atoms with van der Waals surface area (Å²) >= 11 is 0. The molecule has 0 bridgehead atoms. The number of amides is 1. The second-order valence-electron chi connectivity index (χ2n) is 9.52. The Hall–Kier alpha value is -3.82. The summed E-state index contributed by atoms with van der Waals surface area (Å²) in [5.74, 6) is -2.03. The molecule has 10 heteroatoms. The van der Waals surface area contributed by atoms with Crippen molar-refractivity contribution < 1.29 is 36.6 Å². The van der Waals surface area contributed by atoms with Crippen molar-refractivity contribution in [1.29, 1.82) is 0 Å². The molecule has 2 heterocycles. The van der Waals surface area contributed by atoms with Crippen LogP contribution < -0.4 is 19.5 Å². The number of pyridine rings is 1. The summed E-state index contributed by atoms with van der Waals surface area (Å²) in [7, 11) is 1.50. The molecule has 0 saturated heterocycles. The zero-order chi connectivity index (χ0) is 27.0. The predicted octanol–water partition coefficient (Wildman–Crippen LogP) is 6.01. The van der Waals surface area contributed by atoms with E-state index in [2.05, 4.69) is 10.3 Å². The van der Waals surface area contributed by atoms with Crippen LogP contribution in [0.3, 0.4) is 0 Å². The summed E-state index contributed by atoms with van der Waals surface area (Å²) < 4.78 is 71.3. The number of carbonyl (C=O) groups excluding carboxylic acids is 1. The second kappa shape index (κ2) is 10.2. The van der Waals surface area contributed by atoms with Gasteiger partial charge in [-0.2, -0.15) is 13.2 Å². The number of fused-ring (bicyclic) bond motifs is 1. The van der Waals surface area contributed by atoms with Gasteiger partial charge in [0.2, 0.25) is 0 Å². The van der Waals surface area contributed by atoms with E-state index in [1.54, 1.807) is 25.1 Å². The zero-order valence-electron chi connectivity index (χ0n) is 20.8. The Kier molecular flexibility index (Phi) is 6.90. The fourth-order valence-corrected chi connectivity index (χ4v) is 4.29. The van der Waals surface area contributed by atoms with Gasteiger partial charge in [0.25, 0.3) is 5.91 Å². The monoisotopic (exact) mass is 530 g/mol. The third kappa shape index (κ3) is 5.39. The molecule has 2 atom stereocenters. The number of methoxy groups -OCH3 is 1. The van der Waals surface area contributed by atoms with E-state index in [4.69, 9.17) is 14.2 Å². The Morgan fingerprint density at radius 2 is 1.87 bits per heavy atom. The van der Waals surface area contributed by atoms with Gasteiger partial charge in [0, 0.05) is 34.8 Å². The van der Waals surface area contributed by atoms with E-state index in [9.17, 15) is 22.4 Å². The molecule has 1 fully saturated rings. The molecule has 1 aliphatic carbocycles. The Labute approximate surface area is 216 Å². The van der Waals surface area contributed by atoms with Gasteiger partial charge in [-0.15, -0.1) is 0 Å². The van der Waals surface area contributed by atoms with Gasteiger partial charge in [0.1, 0.15) is 29.8 Å². The molecule has 38 heavy (non-hydrogen) atoms. The Balaban J connectivity index is 1.38. The lowest BCUT2D eigenvalue weighted by molar-refractivity contribution is -0.151. The number of alkyl halides is 3. The highest BCUT2D eigenvalue weighted by molar-refractivity contribution is 5.95. The maximum Gasteiger partial charge on any atom is 0.399 e. The van der Waals surface area contributed by atoms with Crippen LogP contribution in [0.25, 0.3) is 11.3 Å². The fourth-order valence-electron chi connectivity index (χ4n) is 4.29. The first-order chi connectivity index (χ1) is 18.1. The van der Waals surface area contributed by atoms with E-state index in [1.807, 2.05) is 0 Å². The van der Waals surface area contributed by atoms with Crippen LogP contribution in [0.4, 0.5) is 17.6 Å². The first kappa shape index (κ1) is 25.8. The van der Waals surface area contributed by atoms with Crippen LogP contribution >= 0.6 is 0 Å². The zero-order valence-corrected chi connectivity index (χ0v) is 20.8. The number of hydrogen-bond donors (Lipinski definition) is 1. The van der Waals surface area contributed by atoms with Crippen LogP contribution in [-0.4, -0.2) is 43.4 Å². The molecular formula is C28H26F4N2O4. The van der Waals surface area contributed by atoms with Crippen molar-refractivity contribution in [2.45, 2.75) is 43.9 Å². The smallest absolute Gasteiger partial charge is 0.399 e. The molecule has 1 aromatic heterocycles. The SMILES string of the molecule is COc1cc(C(=O)NC[C@@H](C)c2cc3c(c(-c4ccc(F)cc4)n2)OC[C@H]3C(F)(F)F)ccc1OC1CC1. The van der Waals surface area contributed by atoms with Gasteiger partial charge in [-0.1, -0.05) is 6.92 Å². The molecule has 0 radical (unpaired) electrons. The highest BCUT2D eigenvalue weighted by atomic mass is 19.4. The van der Waals surface area contributed by atoms with Gasteiger partial charge in [0.05, 0.1) is 13.2 Å². The van der Waals surface area contributed by atoms with Gasteiger partial charge in [0.15, 0.2) is 11.5 Å². The van der Waals surface area contributed by atoms with Gasteiger partial charge < -0.3 is 19.5 Å². The third-order valence-electron chi connectivity index (χ3n) is 6.62. The number of hydrogen-bond acceptors (Lipinski definition) is 5. The maximum absolute atomic E-state index is 13.7. The number of nitrogens with zero attached hydrogens (tertiary/aromatic N) is 1. The second-order valence-corrected chi connectivity index (χ2v) is 9.52. The third-order valence-corrected chi connectivity index (χ3v) is 6.62. The molecule has 1 amide bonds. The summed E-state index contributed by atoms with van der Waals surface area (Å²) in [4.78, 5) is 17.4. The molecule has 1 saturated carbocycles. The summed E-state index contributed by atoms with van der Waals surface area (Å²) in [6.07, 6.45) is -2.36. The largest absolute Gasteiger partial charge is 0.493 e. The van der Waals surface area contributed by atoms with Crippen molar-refractivity contribution in [3.63, 3.8) is 0 Å².